The number of hydrogen-bond donors (Lipinski definition) is 5. The largest absolute Gasteiger partial charge is 0.407 e. The van der Waals surface area contributed by atoms with Crippen LogP contribution in [0.4, 0.5) is 98.7 Å². The van der Waals surface area contributed by atoms with E-state index in [4.69, 9.17) is 32.9 Å². The Morgan fingerprint density at radius 2 is 0.548 bits per heavy atom. The molecule has 15 aromatic rings. The summed E-state index contributed by atoms with van der Waals surface area (Å²) in [6, 6.07) is 42.7. The van der Waals surface area contributed by atoms with Crippen LogP contribution in [-0.2, 0) is 120 Å². The molecular formula is C105H89F16N15O10. The van der Waals surface area contributed by atoms with E-state index in [1.807, 2.05) is 100 Å². The number of carbonyl (C=O) groups excluding carboxylic acids is 5. The Morgan fingerprint density at radius 1 is 0.301 bits per heavy atom. The Bertz CT molecular complexity index is 7390. The van der Waals surface area contributed by atoms with Gasteiger partial charge in [0, 0.05) is 66.0 Å². The average molecular weight is 2020 g/mol. The third-order valence-electron chi connectivity index (χ3n) is 23.9. The molecule has 5 aromatic heterocycles. The van der Waals surface area contributed by atoms with Gasteiger partial charge in [0.1, 0.15) is 28.0 Å². The van der Waals surface area contributed by atoms with Gasteiger partial charge in [-0.3, -0.25) is 47.4 Å². The highest BCUT2D eigenvalue weighted by atomic mass is 19.4. The molecule has 0 aliphatic heterocycles. The molecule has 0 bridgehead atoms. The highest BCUT2D eigenvalue weighted by Gasteiger charge is 2.43. The first-order valence-corrected chi connectivity index (χ1v) is 44.0. The van der Waals surface area contributed by atoms with E-state index in [0.29, 0.717) is 5.52 Å². The first kappa shape index (κ1) is 110. The second-order valence-corrected chi connectivity index (χ2v) is 35.9. The van der Waals surface area contributed by atoms with Gasteiger partial charge in [-0.1, -0.05) is 151 Å². The molecule has 0 radical (unpaired) electrons. The number of halogens is 16. The number of benzene rings is 10. The van der Waals surface area contributed by atoms with E-state index in [1.54, 1.807) is 49.9 Å². The number of carbonyl (C=O) groups is 5. The van der Waals surface area contributed by atoms with E-state index in [2.05, 4.69) is 49.7 Å². The monoisotopic (exact) mass is 2020 g/mol. The Kier molecular flexibility index (Phi) is 32.7. The molecule has 5 atom stereocenters. The molecule has 0 unspecified atom stereocenters. The highest BCUT2D eigenvalue weighted by molar-refractivity contribution is 5.93. The zero-order chi connectivity index (χ0) is 108. The fourth-order valence-corrected chi connectivity index (χ4v) is 15.7. The third kappa shape index (κ3) is 26.5. The lowest BCUT2D eigenvalue weighted by molar-refractivity contribution is -0.138. The predicted molar refractivity (Wildman–Crippen MR) is 508 cm³/mol. The second kappa shape index (κ2) is 43.3. The maximum atomic E-state index is 14.1. The number of aromatic nitrogens is 10. The molecule has 15 rings (SSSR count). The Morgan fingerprint density at radius 3 is 0.808 bits per heavy atom. The number of aryl methyl sites for hydroxylation is 5. The van der Waals surface area contributed by atoms with Gasteiger partial charge in [0.05, 0.1) is 139 Å². The van der Waals surface area contributed by atoms with Crippen molar-refractivity contribution in [2.45, 2.75) is 193 Å². The lowest BCUT2D eigenvalue weighted by Gasteiger charge is -2.22. The van der Waals surface area contributed by atoms with Crippen molar-refractivity contribution in [2.75, 3.05) is 0 Å². The summed E-state index contributed by atoms with van der Waals surface area (Å²) in [5.74, 6) is -4.08. The minimum Gasteiger partial charge on any atom is -0.380 e. The van der Waals surface area contributed by atoms with Crippen LogP contribution in [0.5, 0.6) is 0 Å². The van der Waals surface area contributed by atoms with Crippen LogP contribution in [0.1, 0.15) is 118 Å². The van der Waals surface area contributed by atoms with Gasteiger partial charge in [-0.15, -0.1) is 5.10 Å². The summed E-state index contributed by atoms with van der Waals surface area (Å²) in [4.78, 5) is 77.5. The number of ketones is 5. The quantitative estimate of drug-likeness (QED) is 0.0262. The lowest BCUT2D eigenvalue weighted by atomic mass is 9.94. The number of nitrogens with zero attached hydrogens (tertiary/aromatic N) is 15. The van der Waals surface area contributed by atoms with Gasteiger partial charge in [0.2, 0.25) is 5.95 Å². The van der Waals surface area contributed by atoms with Gasteiger partial charge in [0.25, 0.3) is 0 Å². The van der Waals surface area contributed by atoms with Crippen molar-refractivity contribution in [2.24, 2.45) is 0 Å². The molecule has 756 valence electrons. The standard InChI is InChI=1S/C21H17F4N3O2.4C21H18F3N3O2/c1-12-4-7-17-14(8-12)19(22)27-28(17)11-20(2,30)18(29)10-13-5-6-16(26-3)15(9-13)21(23,24)25;2*1-13-5-4-6-18-15(13)11-26-27(18)12-20(2,29)19(28)10-14-7-8-17(25-3)16(9-14)21(22,23)24;2*1-13-5-4-6-17-15(13)11-27(26-17)12-20(2,29)19(28)10-14-7-8-18(25-3)16(9-14)21(22,23)24/h4-9,30H,10-11H2,1-2H3;4*4-9,11,29H,10,12H2,1-2H3/t5*20-/m00000/s1. The van der Waals surface area contributed by atoms with Crippen molar-refractivity contribution in [3.05, 3.63) is 353 Å². The van der Waals surface area contributed by atoms with Crippen molar-refractivity contribution in [1.82, 2.24) is 48.9 Å². The van der Waals surface area contributed by atoms with Crippen LogP contribution in [0.3, 0.4) is 0 Å². The Balaban J connectivity index is 0.000000174. The minimum atomic E-state index is -4.74. The molecule has 0 saturated carbocycles. The van der Waals surface area contributed by atoms with Crippen molar-refractivity contribution >= 4 is 112 Å². The maximum Gasteiger partial charge on any atom is 0.407 e. The van der Waals surface area contributed by atoms with Crippen molar-refractivity contribution < 1.29 is 120 Å². The predicted octanol–water partition coefficient (Wildman–Crippen LogP) is 22.5. The SMILES string of the molecule is [C-]#[N+]c1ccc(CC(=O)[C@@](C)(O)Cn2cc3c(C)cccc3n2)cc1C(F)(F)F.[C-]#[N+]c1ccc(CC(=O)[C@@](C)(O)Cn2cc3c(C)cccc3n2)cc1C(F)(F)F.[C-]#[N+]c1ccc(CC(=O)[C@@](C)(O)Cn2nc(F)c3cc(C)ccc32)cc1C(F)(F)F.[C-]#[N+]c1ccc(CC(=O)[C@@](C)(O)Cn2ncc3c(C)cccc32)cc1C(F)(F)F.[C-]#[N+]c1ccc(CC(=O)[C@@](C)(O)Cn2ncc3c(C)cccc32)cc1C(F)(F)F. The third-order valence-corrected chi connectivity index (χ3v) is 23.9. The summed E-state index contributed by atoms with van der Waals surface area (Å²) in [5.41, 5.74) is -9.06. The fraction of sp³-hybridized carbons (Fsp3) is 0.286. The molecular weight excluding hydrogens is 1940 g/mol. The number of alkyl halides is 15. The molecule has 0 spiro atoms. The zero-order valence-corrected chi connectivity index (χ0v) is 79.2. The number of Topliss-reactive ketones (excluding diaryl/α,β-unsaturated/α-hetero) is 5. The normalized spacial score (nSPS) is 13.8. The molecule has 25 nitrogen and oxygen atoms in total. The number of rotatable bonds is 25. The molecule has 5 N–H and O–H groups in total. The summed E-state index contributed by atoms with van der Waals surface area (Å²) in [6.07, 6.45) is -18.9. The van der Waals surface area contributed by atoms with Gasteiger partial charge in [0.15, 0.2) is 57.4 Å². The summed E-state index contributed by atoms with van der Waals surface area (Å²) in [6.45, 7) is 49.4. The molecule has 41 heteroatoms. The minimum absolute atomic E-state index is 0.00660. The van der Waals surface area contributed by atoms with Crippen LogP contribution in [-0.4, -0.2) is 131 Å². The van der Waals surface area contributed by atoms with Gasteiger partial charge >= 0.3 is 30.9 Å². The average Bonchev–Trinajstić information content (AvgIpc) is 1.65. The molecule has 5 heterocycles. The van der Waals surface area contributed by atoms with Crippen LogP contribution in [0, 0.1) is 73.4 Å². The van der Waals surface area contributed by atoms with Gasteiger partial charge in [-0.05, 0) is 156 Å². The van der Waals surface area contributed by atoms with E-state index in [0.717, 1.165) is 137 Å². The van der Waals surface area contributed by atoms with E-state index in [9.17, 15) is 120 Å². The molecule has 0 saturated heterocycles. The van der Waals surface area contributed by atoms with Crippen LogP contribution in [0.25, 0.3) is 78.7 Å². The summed E-state index contributed by atoms with van der Waals surface area (Å²) < 4.78 is 218. The van der Waals surface area contributed by atoms with Gasteiger partial charge in [-0.2, -0.15) is 90.6 Å². The number of hydrogen-bond acceptors (Lipinski definition) is 15. The Labute approximate surface area is 822 Å². The van der Waals surface area contributed by atoms with Crippen molar-refractivity contribution in [3.63, 3.8) is 0 Å². The molecule has 0 aliphatic carbocycles. The van der Waals surface area contributed by atoms with Gasteiger partial charge in [-0.25, -0.2) is 24.2 Å². The Hall–Kier alpha value is -16.0. The van der Waals surface area contributed by atoms with E-state index >= 15 is 0 Å². The molecule has 146 heavy (non-hydrogen) atoms. The van der Waals surface area contributed by atoms with Crippen molar-refractivity contribution in [1.29, 1.82) is 0 Å². The smallest absolute Gasteiger partial charge is 0.380 e. The maximum absolute atomic E-state index is 14.1. The van der Waals surface area contributed by atoms with Crippen LogP contribution in [0.2, 0.25) is 0 Å². The van der Waals surface area contributed by atoms with E-state index < -0.39 is 182 Å². The van der Waals surface area contributed by atoms with Crippen LogP contribution in [0.15, 0.2) is 207 Å². The van der Waals surface area contributed by atoms with E-state index in [1.165, 1.54) is 83.7 Å². The van der Waals surface area contributed by atoms with Gasteiger partial charge < -0.3 is 25.5 Å². The fourth-order valence-electron chi connectivity index (χ4n) is 15.7. The molecule has 0 amide bonds. The zero-order valence-electron chi connectivity index (χ0n) is 79.2. The first-order chi connectivity index (χ1) is 68.0. The molecule has 0 fully saturated rings. The summed E-state index contributed by atoms with van der Waals surface area (Å²) in [7, 11) is 0. The summed E-state index contributed by atoms with van der Waals surface area (Å²) >= 11 is 0. The molecule has 10 aromatic carbocycles. The topological polar surface area (TPSA) is 297 Å². The van der Waals surface area contributed by atoms with Crippen molar-refractivity contribution in [3.8, 4) is 0 Å². The second-order valence-electron chi connectivity index (χ2n) is 35.9. The van der Waals surface area contributed by atoms with E-state index in [-0.39, 0.29) is 65.9 Å². The molecule has 0 aliphatic rings. The summed E-state index contributed by atoms with van der Waals surface area (Å²) in [5, 5.41) is 78.0. The van der Waals surface area contributed by atoms with Crippen LogP contribution < -0.4 is 0 Å². The number of aliphatic hydroxyl groups is 5. The highest BCUT2D eigenvalue weighted by Crippen LogP contribution is 2.44. The lowest BCUT2D eigenvalue weighted by Crippen LogP contribution is -2.41. The van der Waals surface area contributed by atoms with Crippen LogP contribution >= 0.6 is 0 Å². The number of fused-ring (bicyclic) bond motifs is 5. The first-order valence-electron chi connectivity index (χ1n) is 44.0.